The minimum absolute atomic E-state index is 0.00578. The lowest BCUT2D eigenvalue weighted by molar-refractivity contribution is -0.132. The van der Waals surface area contributed by atoms with E-state index < -0.39 is 0 Å². The van der Waals surface area contributed by atoms with Crippen LogP contribution in [0.4, 0.5) is 5.69 Å². The molecule has 1 fully saturated rings. The van der Waals surface area contributed by atoms with Crippen LogP contribution >= 0.6 is 11.3 Å². The number of amides is 2. The standard InChI is InChI=1S/C18H18N2O3S/c21-17(19-8-3-5-14(19)13-7-9-24-12-13)10-20-15-4-1-2-6-16(15)23-11-18(20)22/h1-2,4,6-7,9,12,14H,3,5,8,10-11H2. The number of ether oxygens (including phenoxy) is 1. The fourth-order valence-corrected chi connectivity index (χ4v) is 4.14. The normalized spacial score (nSPS) is 20.0. The molecule has 1 atom stereocenters. The van der Waals surface area contributed by atoms with Gasteiger partial charge in [-0.2, -0.15) is 11.3 Å². The summed E-state index contributed by atoms with van der Waals surface area (Å²) in [6.07, 6.45) is 1.98. The molecule has 5 nitrogen and oxygen atoms in total. The van der Waals surface area contributed by atoms with Crippen molar-refractivity contribution in [3.05, 3.63) is 46.7 Å². The third kappa shape index (κ3) is 2.67. The third-order valence-electron chi connectivity index (χ3n) is 4.60. The molecule has 0 bridgehead atoms. The average molecular weight is 342 g/mol. The van der Waals surface area contributed by atoms with Crippen molar-refractivity contribution >= 4 is 28.8 Å². The van der Waals surface area contributed by atoms with Gasteiger partial charge in [0.15, 0.2) is 6.61 Å². The van der Waals surface area contributed by atoms with Crippen molar-refractivity contribution in [2.45, 2.75) is 18.9 Å². The Kier molecular flexibility index (Phi) is 3.98. The van der Waals surface area contributed by atoms with E-state index in [1.165, 1.54) is 5.56 Å². The maximum Gasteiger partial charge on any atom is 0.265 e. The zero-order chi connectivity index (χ0) is 16.5. The molecule has 6 heteroatoms. The molecule has 1 aromatic carbocycles. The summed E-state index contributed by atoms with van der Waals surface area (Å²) < 4.78 is 5.44. The number of likely N-dealkylation sites (tertiary alicyclic amines) is 1. The van der Waals surface area contributed by atoms with Gasteiger partial charge in [0.25, 0.3) is 5.91 Å². The maximum atomic E-state index is 12.9. The minimum atomic E-state index is -0.173. The Morgan fingerprint density at radius 2 is 2.17 bits per heavy atom. The number of carbonyl (C=O) groups excluding carboxylic acids is 2. The van der Waals surface area contributed by atoms with Gasteiger partial charge in [-0.3, -0.25) is 14.5 Å². The summed E-state index contributed by atoms with van der Waals surface area (Å²) >= 11 is 1.65. The highest BCUT2D eigenvalue weighted by Crippen LogP contribution is 2.35. The number of hydrogen-bond acceptors (Lipinski definition) is 4. The Morgan fingerprint density at radius 3 is 3.00 bits per heavy atom. The fraction of sp³-hybridized carbons (Fsp3) is 0.333. The van der Waals surface area contributed by atoms with E-state index in [2.05, 4.69) is 11.4 Å². The molecule has 4 rings (SSSR count). The number of fused-ring (bicyclic) bond motifs is 1. The summed E-state index contributed by atoms with van der Waals surface area (Å²) in [5, 5.41) is 4.14. The molecule has 0 aliphatic carbocycles. The van der Waals surface area contributed by atoms with Crippen LogP contribution in [0.2, 0.25) is 0 Å². The predicted molar refractivity (Wildman–Crippen MR) is 92.3 cm³/mol. The third-order valence-corrected chi connectivity index (χ3v) is 5.30. The number of nitrogens with zero attached hydrogens (tertiary/aromatic N) is 2. The molecular formula is C18H18N2O3S. The molecule has 3 heterocycles. The molecule has 2 aromatic rings. The lowest BCUT2D eigenvalue weighted by atomic mass is 10.1. The number of thiophene rings is 1. The van der Waals surface area contributed by atoms with Crippen LogP contribution < -0.4 is 9.64 Å². The molecule has 1 unspecified atom stereocenters. The molecule has 124 valence electrons. The van der Waals surface area contributed by atoms with Gasteiger partial charge in [-0.25, -0.2) is 0 Å². The Hall–Kier alpha value is -2.34. The highest BCUT2D eigenvalue weighted by Gasteiger charge is 2.33. The predicted octanol–water partition coefficient (Wildman–Crippen LogP) is 2.84. The molecule has 0 radical (unpaired) electrons. The second kappa shape index (κ2) is 6.28. The first-order valence-electron chi connectivity index (χ1n) is 8.08. The lowest BCUT2D eigenvalue weighted by Gasteiger charge is -2.31. The van der Waals surface area contributed by atoms with E-state index in [-0.39, 0.29) is 31.0 Å². The second-order valence-corrected chi connectivity index (χ2v) is 6.82. The SMILES string of the molecule is O=C1COc2ccccc2N1CC(=O)N1CCCC1c1ccsc1. The van der Waals surface area contributed by atoms with Crippen molar-refractivity contribution < 1.29 is 14.3 Å². The van der Waals surface area contributed by atoms with Gasteiger partial charge < -0.3 is 9.64 Å². The Labute approximate surface area is 144 Å². The molecular weight excluding hydrogens is 324 g/mol. The monoisotopic (exact) mass is 342 g/mol. The van der Waals surface area contributed by atoms with E-state index in [1.807, 2.05) is 34.5 Å². The summed E-state index contributed by atoms with van der Waals surface area (Å²) in [7, 11) is 0. The van der Waals surface area contributed by atoms with E-state index in [0.717, 1.165) is 19.4 Å². The quantitative estimate of drug-likeness (QED) is 0.862. The number of benzene rings is 1. The molecule has 2 amide bonds. The summed E-state index contributed by atoms with van der Waals surface area (Å²) in [6, 6.07) is 9.57. The van der Waals surface area contributed by atoms with Crippen molar-refractivity contribution in [3.63, 3.8) is 0 Å². The van der Waals surface area contributed by atoms with Gasteiger partial charge in [0.2, 0.25) is 5.91 Å². The van der Waals surface area contributed by atoms with Gasteiger partial charge in [-0.1, -0.05) is 12.1 Å². The number of para-hydroxylation sites is 2. The Bertz CT molecular complexity index is 759. The largest absolute Gasteiger partial charge is 0.482 e. The zero-order valence-electron chi connectivity index (χ0n) is 13.2. The fourth-order valence-electron chi connectivity index (χ4n) is 3.43. The Morgan fingerprint density at radius 1 is 1.29 bits per heavy atom. The highest BCUT2D eigenvalue weighted by molar-refractivity contribution is 7.08. The molecule has 0 spiro atoms. The summed E-state index contributed by atoms with van der Waals surface area (Å²) in [5.74, 6) is 0.475. The highest BCUT2D eigenvalue weighted by atomic mass is 32.1. The smallest absolute Gasteiger partial charge is 0.265 e. The van der Waals surface area contributed by atoms with E-state index in [9.17, 15) is 9.59 Å². The van der Waals surface area contributed by atoms with Gasteiger partial charge in [0, 0.05) is 6.54 Å². The van der Waals surface area contributed by atoms with Gasteiger partial charge in [-0.15, -0.1) is 0 Å². The van der Waals surface area contributed by atoms with Crippen LogP contribution in [0.25, 0.3) is 0 Å². The maximum absolute atomic E-state index is 12.9. The van der Waals surface area contributed by atoms with E-state index in [0.29, 0.717) is 11.4 Å². The first-order valence-corrected chi connectivity index (χ1v) is 9.02. The van der Waals surface area contributed by atoms with Crippen molar-refractivity contribution in [1.29, 1.82) is 0 Å². The van der Waals surface area contributed by atoms with Crippen molar-refractivity contribution in [1.82, 2.24) is 4.90 Å². The number of carbonyl (C=O) groups is 2. The van der Waals surface area contributed by atoms with Gasteiger partial charge in [0.05, 0.1) is 11.7 Å². The van der Waals surface area contributed by atoms with E-state index >= 15 is 0 Å². The van der Waals surface area contributed by atoms with Crippen LogP contribution in [-0.2, 0) is 9.59 Å². The lowest BCUT2D eigenvalue weighted by Crippen LogP contribution is -2.46. The first kappa shape index (κ1) is 15.2. The number of rotatable bonds is 3. The van der Waals surface area contributed by atoms with Crippen molar-refractivity contribution in [2.75, 3.05) is 24.6 Å². The second-order valence-electron chi connectivity index (χ2n) is 6.04. The van der Waals surface area contributed by atoms with Crippen LogP contribution in [0.5, 0.6) is 5.75 Å². The Balaban J connectivity index is 1.55. The van der Waals surface area contributed by atoms with Crippen molar-refractivity contribution in [3.8, 4) is 5.75 Å². The summed E-state index contributed by atoms with van der Waals surface area (Å²) in [4.78, 5) is 28.6. The first-order chi connectivity index (χ1) is 11.7. The average Bonchev–Trinajstić information content (AvgIpc) is 3.28. The summed E-state index contributed by atoms with van der Waals surface area (Å²) in [5.41, 5.74) is 1.87. The molecule has 2 aliphatic rings. The molecule has 2 aliphatic heterocycles. The zero-order valence-corrected chi connectivity index (χ0v) is 14.0. The van der Waals surface area contributed by atoms with E-state index in [4.69, 9.17) is 4.74 Å². The molecule has 24 heavy (non-hydrogen) atoms. The molecule has 0 saturated carbocycles. The van der Waals surface area contributed by atoms with Crippen molar-refractivity contribution in [2.24, 2.45) is 0 Å². The van der Waals surface area contributed by atoms with Crippen LogP contribution in [0.3, 0.4) is 0 Å². The topological polar surface area (TPSA) is 49.9 Å². The number of hydrogen-bond donors (Lipinski definition) is 0. The summed E-state index contributed by atoms with van der Waals surface area (Å²) in [6.45, 7) is 0.803. The van der Waals surface area contributed by atoms with Crippen LogP contribution in [0.15, 0.2) is 41.1 Å². The molecule has 0 N–H and O–H groups in total. The van der Waals surface area contributed by atoms with Gasteiger partial charge in [0.1, 0.15) is 12.3 Å². The van der Waals surface area contributed by atoms with Crippen LogP contribution in [-0.4, -0.2) is 36.4 Å². The van der Waals surface area contributed by atoms with E-state index in [1.54, 1.807) is 16.2 Å². The van der Waals surface area contributed by atoms with Crippen LogP contribution in [0.1, 0.15) is 24.4 Å². The minimum Gasteiger partial charge on any atom is -0.482 e. The number of anilines is 1. The van der Waals surface area contributed by atoms with Crippen LogP contribution in [0, 0.1) is 0 Å². The van der Waals surface area contributed by atoms with Gasteiger partial charge >= 0.3 is 0 Å². The molecule has 1 aromatic heterocycles. The molecule has 1 saturated heterocycles. The van der Waals surface area contributed by atoms with Gasteiger partial charge in [-0.05, 0) is 47.4 Å².